The maximum atomic E-state index is 13.1. The number of benzene rings is 1. The summed E-state index contributed by atoms with van der Waals surface area (Å²) in [5.41, 5.74) is -0.925. The van der Waals surface area contributed by atoms with Crippen LogP contribution in [-0.4, -0.2) is 9.78 Å². The maximum Gasteiger partial charge on any atom is 0.419 e. The van der Waals surface area contributed by atoms with E-state index < -0.39 is 17.6 Å². The van der Waals surface area contributed by atoms with Crippen molar-refractivity contribution in [2.75, 3.05) is 0 Å². The van der Waals surface area contributed by atoms with Crippen LogP contribution in [-0.2, 0) is 12.7 Å². The molecule has 0 spiro atoms. The van der Waals surface area contributed by atoms with E-state index in [0.717, 1.165) is 16.6 Å². The Morgan fingerprint density at radius 3 is 2.56 bits per heavy atom. The number of hydrogen-bond donors (Lipinski definition) is 0. The summed E-state index contributed by atoms with van der Waals surface area (Å²) in [6.07, 6.45) is -1.55. The molecule has 0 saturated carbocycles. The molecule has 2 nitrogen and oxygen atoms in total. The van der Waals surface area contributed by atoms with Gasteiger partial charge in [0.05, 0.1) is 22.8 Å². The highest BCUT2D eigenvalue weighted by atomic mass is 79.9. The van der Waals surface area contributed by atoms with Gasteiger partial charge in [-0.1, -0.05) is 6.07 Å². The molecule has 0 aliphatic heterocycles. The number of aromatic nitrogens is 2. The smallest absolute Gasteiger partial charge is 0.267 e. The van der Waals surface area contributed by atoms with Gasteiger partial charge < -0.3 is 0 Å². The molecule has 2 rings (SSSR count). The van der Waals surface area contributed by atoms with Gasteiger partial charge >= 0.3 is 6.18 Å². The Kier molecular flexibility index (Phi) is 3.43. The van der Waals surface area contributed by atoms with Crippen LogP contribution >= 0.6 is 15.9 Å². The zero-order chi connectivity index (χ0) is 13.3. The summed E-state index contributed by atoms with van der Waals surface area (Å²) in [5.74, 6) is -1.27. The zero-order valence-corrected chi connectivity index (χ0v) is 10.5. The number of nitrogens with zero attached hydrogens (tertiary/aromatic N) is 2. The average molecular weight is 323 g/mol. The highest BCUT2D eigenvalue weighted by Gasteiger charge is 2.34. The summed E-state index contributed by atoms with van der Waals surface area (Å²) in [6, 6.07) is 2.92. The van der Waals surface area contributed by atoms with Crippen molar-refractivity contribution in [3.8, 4) is 0 Å². The minimum Gasteiger partial charge on any atom is -0.267 e. The SMILES string of the molecule is Fc1ccc(Cn2cc(Br)cn2)cc1C(F)(F)F. The van der Waals surface area contributed by atoms with Crippen LogP contribution in [0, 0.1) is 5.82 Å². The van der Waals surface area contributed by atoms with Gasteiger partial charge in [-0.05, 0) is 33.6 Å². The fraction of sp³-hybridized carbons (Fsp3) is 0.182. The first-order valence-electron chi connectivity index (χ1n) is 4.90. The molecule has 0 radical (unpaired) electrons. The average Bonchev–Trinajstić information content (AvgIpc) is 2.65. The molecule has 0 aliphatic rings. The largest absolute Gasteiger partial charge is 0.419 e. The van der Waals surface area contributed by atoms with E-state index >= 15 is 0 Å². The van der Waals surface area contributed by atoms with Gasteiger partial charge in [-0.2, -0.15) is 18.3 Å². The van der Waals surface area contributed by atoms with Gasteiger partial charge in [0.15, 0.2) is 0 Å². The third-order valence-corrected chi connectivity index (χ3v) is 2.69. The molecule has 0 amide bonds. The molecule has 18 heavy (non-hydrogen) atoms. The Balaban J connectivity index is 2.30. The predicted molar refractivity (Wildman–Crippen MR) is 60.4 cm³/mol. The number of halogens is 5. The van der Waals surface area contributed by atoms with E-state index in [1.165, 1.54) is 16.9 Å². The fourth-order valence-electron chi connectivity index (χ4n) is 1.50. The highest BCUT2D eigenvalue weighted by Crippen LogP contribution is 2.32. The second-order valence-electron chi connectivity index (χ2n) is 3.67. The normalized spacial score (nSPS) is 11.8. The third kappa shape index (κ3) is 2.90. The molecule has 7 heteroatoms. The Labute approximate surface area is 108 Å². The summed E-state index contributed by atoms with van der Waals surface area (Å²) < 4.78 is 52.7. The molecule has 0 N–H and O–H groups in total. The van der Waals surface area contributed by atoms with E-state index in [2.05, 4.69) is 21.0 Å². The molecule has 1 aromatic carbocycles. The molecule has 2 aromatic rings. The minimum absolute atomic E-state index is 0.148. The van der Waals surface area contributed by atoms with Gasteiger partial charge in [-0.15, -0.1) is 0 Å². The van der Waals surface area contributed by atoms with Gasteiger partial charge in [0.1, 0.15) is 5.82 Å². The molecule has 0 bridgehead atoms. The second-order valence-corrected chi connectivity index (χ2v) is 4.58. The van der Waals surface area contributed by atoms with Crippen molar-refractivity contribution in [2.24, 2.45) is 0 Å². The monoisotopic (exact) mass is 322 g/mol. The van der Waals surface area contributed by atoms with Crippen LogP contribution in [0.4, 0.5) is 17.6 Å². The lowest BCUT2D eigenvalue weighted by molar-refractivity contribution is -0.140. The van der Waals surface area contributed by atoms with Gasteiger partial charge in [0, 0.05) is 6.20 Å². The number of alkyl halides is 3. The van der Waals surface area contributed by atoms with Crippen LogP contribution in [0.1, 0.15) is 11.1 Å². The van der Waals surface area contributed by atoms with Gasteiger partial charge in [-0.3, -0.25) is 4.68 Å². The van der Waals surface area contributed by atoms with Crippen molar-refractivity contribution in [3.63, 3.8) is 0 Å². The lowest BCUT2D eigenvalue weighted by Crippen LogP contribution is -2.10. The summed E-state index contributed by atoms with van der Waals surface area (Å²) >= 11 is 3.18. The third-order valence-electron chi connectivity index (χ3n) is 2.28. The topological polar surface area (TPSA) is 17.8 Å². The first-order chi connectivity index (χ1) is 8.36. The van der Waals surface area contributed by atoms with Crippen LogP contribution in [0.5, 0.6) is 0 Å². The highest BCUT2D eigenvalue weighted by molar-refractivity contribution is 9.10. The first-order valence-corrected chi connectivity index (χ1v) is 5.69. The van der Waals surface area contributed by atoms with Crippen molar-refractivity contribution in [1.29, 1.82) is 0 Å². The fourth-order valence-corrected chi connectivity index (χ4v) is 1.83. The molecule has 1 heterocycles. The molecular weight excluding hydrogens is 316 g/mol. The Morgan fingerprint density at radius 2 is 2.00 bits per heavy atom. The number of rotatable bonds is 2. The van der Waals surface area contributed by atoms with Crippen LogP contribution < -0.4 is 0 Å². The van der Waals surface area contributed by atoms with E-state index in [1.54, 1.807) is 6.20 Å². The summed E-state index contributed by atoms with van der Waals surface area (Å²) in [5, 5.41) is 3.92. The van der Waals surface area contributed by atoms with Crippen LogP contribution in [0.2, 0.25) is 0 Å². The molecule has 0 aliphatic carbocycles. The second kappa shape index (κ2) is 4.72. The molecule has 0 fully saturated rings. The first kappa shape index (κ1) is 13.1. The summed E-state index contributed by atoms with van der Waals surface area (Å²) in [6.45, 7) is 0.148. The Morgan fingerprint density at radius 1 is 1.28 bits per heavy atom. The van der Waals surface area contributed by atoms with Gasteiger partial charge in [0.2, 0.25) is 0 Å². The van der Waals surface area contributed by atoms with Crippen LogP contribution in [0.3, 0.4) is 0 Å². The molecule has 1 aromatic heterocycles. The molecule has 0 saturated heterocycles. The number of hydrogen-bond acceptors (Lipinski definition) is 1. The maximum absolute atomic E-state index is 13.1. The van der Waals surface area contributed by atoms with E-state index in [9.17, 15) is 17.6 Å². The zero-order valence-electron chi connectivity index (χ0n) is 8.88. The minimum atomic E-state index is -4.69. The van der Waals surface area contributed by atoms with Crippen molar-refractivity contribution in [1.82, 2.24) is 9.78 Å². The molecular formula is C11H7BrF4N2. The van der Waals surface area contributed by atoms with Crippen LogP contribution in [0.15, 0.2) is 35.1 Å². The Bertz CT molecular complexity index is 562. The molecule has 96 valence electrons. The van der Waals surface area contributed by atoms with Gasteiger partial charge in [-0.25, -0.2) is 4.39 Å². The van der Waals surface area contributed by atoms with Crippen molar-refractivity contribution in [2.45, 2.75) is 12.7 Å². The summed E-state index contributed by atoms with van der Waals surface area (Å²) in [7, 11) is 0. The van der Waals surface area contributed by atoms with Gasteiger partial charge in [0.25, 0.3) is 0 Å². The molecule has 0 atom stereocenters. The lowest BCUT2D eigenvalue weighted by Gasteiger charge is -2.10. The lowest BCUT2D eigenvalue weighted by atomic mass is 10.1. The van der Waals surface area contributed by atoms with E-state index in [-0.39, 0.29) is 6.54 Å². The van der Waals surface area contributed by atoms with E-state index in [0.29, 0.717) is 5.56 Å². The molecule has 0 unspecified atom stereocenters. The quantitative estimate of drug-likeness (QED) is 0.768. The van der Waals surface area contributed by atoms with Crippen molar-refractivity contribution >= 4 is 15.9 Å². The van der Waals surface area contributed by atoms with Crippen LogP contribution in [0.25, 0.3) is 0 Å². The standard InChI is InChI=1S/C11H7BrF4N2/c12-8-4-17-18(6-8)5-7-1-2-10(13)9(3-7)11(14,15)16/h1-4,6H,5H2. The van der Waals surface area contributed by atoms with Crippen molar-refractivity contribution < 1.29 is 17.6 Å². The summed E-state index contributed by atoms with van der Waals surface area (Å²) in [4.78, 5) is 0. The Hall–Kier alpha value is -1.37. The predicted octanol–water partition coefficient (Wildman–Crippen LogP) is 3.85. The van der Waals surface area contributed by atoms with E-state index in [4.69, 9.17) is 0 Å². The van der Waals surface area contributed by atoms with Crippen molar-refractivity contribution in [3.05, 3.63) is 52.0 Å². The van der Waals surface area contributed by atoms with E-state index in [1.807, 2.05) is 0 Å².